The molecule has 1 aliphatic rings. The Morgan fingerprint density at radius 3 is 2.77 bits per heavy atom. The number of likely N-dealkylation sites (N-methyl/N-ethyl adjacent to an activating group) is 1. The molecule has 0 saturated carbocycles. The number of nitrogens with zero attached hydrogens (tertiary/aromatic N) is 4. The Morgan fingerprint density at radius 1 is 1.36 bits per heavy atom. The first-order chi connectivity index (χ1) is 10.5. The minimum absolute atomic E-state index is 0.0155. The van der Waals surface area contributed by atoms with Crippen molar-refractivity contribution in [2.75, 3.05) is 43.9 Å². The van der Waals surface area contributed by atoms with Crippen molar-refractivity contribution in [3.8, 4) is 0 Å². The number of fused-ring (bicyclic) bond motifs is 1. The van der Waals surface area contributed by atoms with Gasteiger partial charge in [0.25, 0.3) is 0 Å². The van der Waals surface area contributed by atoms with Crippen LogP contribution in [0.2, 0.25) is 0 Å². The van der Waals surface area contributed by atoms with Gasteiger partial charge in [0.2, 0.25) is 11.9 Å². The average Bonchev–Trinajstić information content (AvgIpc) is 3.11. The molecule has 1 amide bonds. The van der Waals surface area contributed by atoms with Crippen molar-refractivity contribution in [2.45, 2.75) is 19.8 Å². The molecule has 7 nitrogen and oxygen atoms in total. The lowest BCUT2D eigenvalue weighted by Crippen LogP contribution is -2.29. The molecule has 0 aromatic carbocycles. The number of carbonyl (C=O) groups is 1. The van der Waals surface area contributed by atoms with E-state index in [2.05, 4.69) is 25.2 Å². The number of H-pyrrole nitrogens is 1. The molecule has 0 radical (unpaired) electrons. The van der Waals surface area contributed by atoms with E-state index in [9.17, 15) is 4.79 Å². The number of hydrogen-bond donors (Lipinski definition) is 2. The molecule has 0 bridgehead atoms. The van der Waals surface area contributed by atoms with E-state index in [1.807, 2.05) is 13.0 Å². The lowest BCUT2D eigenvalue weighted by atomic mass is 10.3. The number of amides is 1. The number of aromatic nitrogens is 3. The standard InChI is InChI=1S/C15H22N6O/c1-10-8-11-13(16-9-12(22)20(2)3)18-15(19-14(11)17-10)21-6-4-5-7-21/h8H,4-7,9H2,1-3H3,(H2,16,17,18,19). The Bertz CT molecular complexity index is 687. The summed E-state index contributed by atoms with van der Waals surface area (Å²) < 4.78 is 0. The van der Waals surface area contributed by atoms with Gasteiger partial charge in [0.1, 0.15) is 11.5 Å². The molecule has 2 aromatic heterocycles. The van der Waals surface area contributed by atoms with E-state index < -0.39 is 0 Å². The molecule has 118 valence electrons. The van der Waals surface area contributed by atoms with Gasteiger partial charge in [-0.25, -0.2) is 0 Å². The first-order valence-corrected chi connectivity index (χ1v) is 7.61. The Balaban J connectivity index is 1.93. The molecule has 0 unspecified atom stereocenters. The molecule has 0 spiro atoms. The Kier molecular flexibility index (Phi) is 3.87. The number of rotatable bonds is 4. The number of aromatic amines is 1. The van der Waals surface area contributed by atoms with Crippen LogP contribution in [0.1, 0.15) is 18.5 Å². The van der Waals surface area contributed by atoms with Crippen molar-refractivity contribution >= 4 is 28.7 Å². The zero-order valence-corrected chi connectivity index (χ0v) is 13.3. The topological polar surface area (TPSA) is 77.2 Å². The molecule has 0 aliphatic carbocycles. The maximum Gasteiger partial charge on any atom is 0.241 e. The van der Waals surface area contributed by atoms with Crippen molar-refractivity contribution in [3.63, 3.8) is 0 Å². The van der Waals surface area contributed by atoms with Gasteiger partial charge in [0, 0.05) is 32.9 Å². The molecule has 22 heavy (non-hydrogen) atoms. The van der Waals surface area contributed by atoms with Gasteiger partial charge in [-0.2, -0.15) is 9.97 Å². The molecule has 1 saturated heterocycles. The summed E-state index contributed by atoms with van der Waals surface area (Å²) in [5.41, 5.74) is 1.85. The summed E-state index contributed by atoms with van der Waals surface area (Å²) in [6, 6.07) is 2.01. The van der Waals surface area contributed by atoms with Gasteiger partial charge in [0.05, 0.1) is 11.9 Å². The fourth-order valence-corrected chi connectivity index (χ4v) is 2.64. The molecule has 1 fully saturated rings. The Labute approximate surface area is 129 Å². The third-order valence-electron chi connectivity index (χ3n) is 3.91. The van der Waals surface area contributed by atoms with E-state index in [1.165, 1.54) is 12.8 Å². The van der Waals surface area contributed by atoms with Gasteiger partial charge in [-0.3, -0.25) is 4.79 Å². The average molecular weight is 302 g/mol. The van der Waals surface area contributed by atoms with Crippen molar-refractivity contribution in [3.05, 3.63) is 11.8 Å². The molecule has 3 rings (SSSR count). The van der Waals surface area contributed by atoms with E-state index in [-0.39, 0.29) is 12.5 Å². The monoisotopic (exact) mass is 302 g/mol. The van der Waals surface area contributed by atoms with Crippen LogP contribution in [0.3, 0.4) is 0 Å². The van der Waals surface area contributed by atoms with E-state index in [4.69, 9.17) is 0 Å². The predicted octanol–water partition coefficient (Wildman–Crippen LogP) is 1.37. The van der Waals surface area contributed by atoms with Crippen LogP contribution in [0.4, 0.5) is 11.8 Å². The summed E-state index contributed by atoms with van der Waals surface area (Å²) in [4.78, 5) is 28.1. The van der Waals surface area contributed by atoms with Gasteiger partial charge in [-0.1, -0.05) is 0 Å². The van der Waals surface area contributed by atoms with Gasteiger partial charge in [-0.15, -0.1) is 0 Å². The molecule has 7 heteroatoms. The van der Waals surface area contributed by atoms with E-state index in [0.717, 1.165) is 35.8 Å². The highest BCUT2D eigenvalue weighted by Crippen LogP contribution is 2.25. The Morgan fingerprint density at radius 2 is 2.09 bits per heavy atom. The third kappa shape index (κ3) is 2.84. The van der Waals surface area contributed by atoms with Crippen LogP contribution in [0, 0.1) is 6.92 Å². The fourth-order valence-electron chi connectivity index (χ4n) is 2.64. The van der Waals surface area contributed by atoms with Gasteiger partial charge in [-0.05, 0) is 25.8 Å². The highest BCUT2D eigenvalue weighted by Gasteiger charge is 2.18. The highest BCUT2D eigenvalue weighted by atomic mass is 16.2. The normalized spacial score (nSPS) is 14.6. The van der Waals surface area contributed by atoms with Gasteiger partial charge < -0.3 is 20.1 Å². The maximum absolute atomic E-state index is 11.8. The van der Waals surface area contributed by atoms with Gasteiger partial charge >= 0.3 is 0 Å². The molecule has 1 aliphatic heterocycles. The van der Waals surface area contributed by atoms with Crippen molar-refractivity contribution in [1.82, 2.24) is 19.9 Å². The van der Waals surface area contributed by atoms with E-state index in [1.54, 1.807) is 19.0 Å². The molecular weight excluding hydrogens is 280 g/mol. The summed E-state index contributed by atoms with van der Waals surface area (Å²) in [5, 5.41) is 4.08. The van der Waals surface area contributed by atoms with Crippen LogP contribution in [0.25, 0.3) is 11.0 Å². The minimum Gasteiger partial charge on any atom is -0.360 e. The summed E-state index contributed by atoms with van der Waals surface area (Å²) in [6.45, 7) is 4.19. The number of carbonyl (C=O) groups excluding carboxylic acids is 1. The zero-order chi connectivity index (χ0) is 15.7. The second-order valence-electron chi connectivity index (χ2n) is 5.92. The van der Waals surface area contributed by atoms with Crippen LogP contribution in [-0.4, -0.2) is 59.5 Å². The van der Waals surface area contributed by atoms with Crippen LogP contribution < -0.4 is 10.2 Å². The lowest BCUT2D eigenvalue weighted by molar-refractivity contribution is -0.126. The van der Waals surface area contributed by atoms with E-state index >= 15 is 0 Å². The summed E-state index contributed by atoms with van der Waals surface area (Å²) in [5.74, 6) is 1.46. The SMILES string of the molecule is Cc1cc2c(NCC(=O)N(C)C)nc(N3CCCC3)nc2[nH]1. The lowest BCUT2D eigenvalue weighted by Gasteiger charge is -2.17. The summed E-state index contributed by atoms with van der Waals surface area (Å²) >= 11 is 0. The highest BCUT2D eigenvalue weighted by molar-refractivity contribution is 5.91. The van der Waals surface area contributed by atoms with Crippen LogP contribution in [-0.2, 0) is 4.79 Å². The first kappa shape index (κ1) is 14.6. The molecule has 3 heterocycles. The third-order valence-corrected chi connectivity index (χ3v) is 3.91. The van der Waals surface area contributed by atoms with Crippen LogP contribution in [0.15, 0.2) is 6.07 Å². The number of aryl methyl sites for hydroxylation is 1. The smallest absolute Gasteiger partial charge is 0.241 e. The predicted molar refractivity (Wildman–Crippen MR) is 87.3 cm³/mol. The summed E-state index contributed by atoms with van der Waals surface area (Å²) in [7, 11) is 3.49. The first-order valence-electron chi connectivity index (χ1n) is 7.61. The van der Waals surface area contributed by atoms with Crippen molar-refractivity contribution in [2.24, 2.45) is 0 Å². The van der Waals surface area contributed by atoms with Gasteiger partial charge in [0.15, 0.2) is 0 Å². The van der Waals surface area contributed by atoms with Crippen molar-refractivity contribution < 1.29 is 4.79 Å². The summed E-state index contributed by atoms with van der Waals surface area (Å²) in [6.07, 6.45) is 2.35. The van der Waals surface area contributed by atoms with Crippen LogP contribution >= 0.6 is 0 Å². The Hall–Kier alpha value is -2.31. The minimum atomic E-state index is 0.0155. The number of hydrogen-bond acceptors (Lipinski definition) is 5. The fraction of sp³-hybridized carbons (Fsp3) is 0.533. The second-order valence-corrected chi connectivity index (χ2v) is 5.92. The molecule has 0 atom stereocenters. The number of anilines is 2. The largest absolute Gasteiger partial charge is 0.360 e. The molecule has 2 aromatic rings. The maximum atomic E-state index is 11.8. The molecular formula is C15H22N6O. The van der Waals surface area contributed by atoms with E-state index in [0.29, 0.717) is 5.82 Å². The molecule has 2 N–H and O–H groups in total. The zero-order valence-electron chi connectivity index (χ0n) is 13.3. The number of nitrogens with one attached hydrogen (secondary N) is 2. The van der Waals surface area contributed by atoms with Crippen molar-refractivity contribution in [1.29, 1.82) is 0 Å². The van der Waals surface area contributed by atoms with Crippen LogP contribution in [0.5, 0.6) is 0 Å². The second kappa shape index (κ2) is 5.82. The quantitative estimate of drug-likeness (QED) is 0.892.